The zero-order chi connectivity index (χ0) is 19.8. The van der Waals surface area contributed by atoms with Gasteiger partial charge in [-0.1, -0.05) is 19.8 Å². The van der Waals surface area contributed by atoms with Crippen molar-refractivity contribution in [2.75, 3.05) is 11.9 Å². The van der Waals surface area contributed by atoms with E-state index in [0.717, 1.165) is 0 Å². The maximum absolute atomic E-state index is 14.4. The number of likely N-dealkylation sites (tertiary alicyclic amines) is 1. The molecule has 9 nitrogen and oxygen atoms in total. The molecule has 2 rings (SSSR count). The lowest BCUT2D eigenvalue weighted by atomic mass is 9.94. The van der Waals surface area contributed by atoms with E-state index >= 15 is 0 Å². The summed E-state index contributed by atoms with van der Waals surface area (Å²) in [5.41, 5.74) is 1.25. The van der Waals surface area contributed by atoms with Gasteiger partial charge in [0, 0.05) is 18.9 Å². The minimum absolute atomic E-state index is 0.118. The lowest BCUT2D eigenvalue weighted by molar-refractivity contribution is -0.148. The fourth-order valence-corrected chi connectivity index (χ4v) is 3.14. The molecule has 0 bridgehead atoms. The van der Waals surface area contributed by atoms with Gasteiger partial charge in [0.1, 0.15) is 6.04 Å². The van der Waals surface area contributed by atoms with Crippen molar-refractivity contribution in [3.8, 4) is 0 Å². The lowest BCUT2D eigenvalue weighted by Gasteiger charge is -2.29. The first-order chi connectivity index (χ1) is 13.0. The van der Waals surface area contributed by atoms with Crippen molar-refractivity contribution in [3.63, 3.8) is 0 Å². The average Bonchev–Trinajstić information content (AvgIpc) is 3.18. The second-order valence-corrected chi connectivity index (χ2v) is 6.38. The fraction of sp³-hybridized carbons (Fsp3) is 0.588. The van der Waals surface area contributed by atoms with Crippen LogP contribution in [-0.4, -0.2) is 56.6 Å². The predicted octanol–water partition coefficient (Wildman–Crippen LogP) is 1.06. The third-order valence-corrected chi connectivity index (χ3v) is 4.54. The van der Waals surface area contributed by atoms with Crippen LogP contribution >= 0.6 is 0 Å². The summed E-state index contributed by atoms with van der Waals surface area (Å²) in [7, 11) is 0. The Morgan fingerprint density at radius 1 is 1.37 bits per heavy atom. The van der Waals surface area contributed by atoms with Gasteiger partial charge in [0.05, 0.1) is 5.92 Å². The van der Waals surface area contributed by atoms with Crippen LogP contribution in [0, 0.1) is 5.92 Å². The fourth-order valence-electron chi connectivity index (χ4n) is 3.14. The third kappa shape index (κ3) is 5.19. The minimum atomic E-state index is -2.18. The molecular formula is C17H24FN5O4. The van der Waals surface area contributed by atoms with E-state index in [4.69, 9.17) is 5.21 Å². The highest BCUT2D eigenvalue weighted by Crippen LogP contribution is 2.26. The maximum atomic E-state index is 14.4. The summed E-state index contributed by atoms with van der Waals surface area (Å²) < 4.78 is 14.4. The molecule has 148 valence electrons. The standard InChI is InChI=1S/C17H24FN5O4/c1-2-3-6-11(13(18)15(25)22-27)16(26)23-10-4-7-12(23)14(24)21-17-19-8-5-9-20-17/h5,8-9,11-13,27H,2-4,6-7,10H2,1H3,(H,22,25)(H,19,20,21,24)/t11-,12+,13+/m1/s1. The number of anilines is 1. The number of nitrogens with one attached hydrogen (secondary N) is 2. The molecule has 0 saturated carbocycles. The molecule has 0 spiro atoms. The van der Waals surface area contributed by atoms with Crippen LogP contribution < -0.4 is 10.8 Å². The molecular weight excluding hydrogens is 357 g/mol. The molecule has 1 aromatic rings. The molecule has 3 N–H and O–H groups in total. The highest BCUT2D eigenvalue weighted by molar-refractivity contribution is 5.97. The Labute approximate surface area is 156 Å². The second kappa shape index (κ2) is 9.91. The predicted molar refractivity (Wildman–Crippen MR) is 93.2 cm³/mol. The maximum Gasteiger partial charge on any atom is 0.278 e. The molecule has 0 unspecified atom stereocenters. The van der Waals surface area contributed by atoms with Crippen LogP contribution in [-0.2, 0) is 14.4 Å². The first kappa shape index (κ1) is 20.7. The number of hydrogen-bond acceptors (Lipinski definition) is 6. The van der Waals surface area contributed by atoms with Crippen LogP contribution in [0.2, 0.25) is 0 Å². The van der Waals surface area contributed by atoms with Gasteiger partial charge < -0.3 is 4.90 Å². The van der Waals surface area contributed by atoms with E-state index in [1.807, 2.05) is 6.92 Å². The van der Waals surface area contributed by atoms with E-state index in [0.29, 0.717) is 32.2 Å². The van der Waals surface area contributed by atoms with Crippen molar-refractivity contribution in [2.24, 2.45) is 5.92 Å². The van der Waals surface area contributed by atoms with Gasteiger partial charge in [-0.15, -0.1) is 0 Å². The zero-order valence-corrected chi connectivity index (χ0v) is 15.1. The topological polar surface area (TPSA) is 125 Å². The van der Waals surface area contributed by atoms with E-state index in [1.54, 1.807) is 6.07 Å². The van der Waals surface area contributed by atoms with Crippen LogP contribution in [0.1, 0.15) is 39.0 Å². The van der Waals surface area contributed by atoms with Crippen molar-refractivity contribution >= 4 is 23.7 Å². The Bertz CT molecular complexity index is 660. The Kier molecular flexibility index (Phi) is 7.59. The number of alkyl halides is 1. The van der Waals surface area contributed by atoms with Crippen molar-refractivity contribution in [2.45, 2.75) is 51.2 Å². The zero-order valence-electron chi connectivity index (χ0n) is 15.1. The SMILES string of the molecule is CCCC[C@@H](C(=O)N1CCC[C@H]1C(=O)Nc1ncccn1)[C@H](F)C(=O)NO. The highest BCUT2D eigenvalue weighted by Gasteiger charge is 2.41. The molecule has 0 radical (unpaired) electrons. The quantitative estimate of drug-likeness (QED) is 0.457. The summed E-state index contributed by atoms with van der Waals surface area (Å²) in [6, 6.07) is 0.822. The number of nitrogens with zero attached hydrogens (tertiary/aromatic N) is 3. The number of rotatable bonds is 8. The Balaban J connectivity index is 2.12. The molecule has 0 aromatic carbocycles. The number of amides is 3. The summed E-state index contributed by atoms with van der Waals surface area (Å²) >= 11 is 0. The van der Waals surface area contributed by atoms with E-state index in [2.05, 4.69) is 15.3 Å². The van der Waals surface area contributed by atoms with Crippen LogP contribution in [0.4, 0.5) is 10.3 Å². The molecule has 3 amide bonds. The first-order valence-corrected chi connectivity index (χ1v) is 8.96. The van der Waals surface area contributed by atoms with Crippen molar-refractivity contribution in [3.05, 3.63) is 18.5 Å². The van der Waals surface area contributed by atoms with E-state index < -0.39 is 35.9 Å². The molecule has 1 aliphatic rings. The van der Waals surface area contributed by atoms with Crippen molar-refractivity contribution in [1.29, 1.82) is 0 Å². The van der Waals surface area contributed by atoms with Gasteiger partial charge in [-0.05, 0) is 25.3 Å². The Morgan fingerprint density at radius 3 is 2.70 bits per heavy atom. The number of aromatic nitrogens is 2. The van der Waals surface area contributed by atoms with E-state index in [-0.39, 0.29) is 12.4 Å². The number of carbonyl (C=O) groups is 3. The van der Waals surface area contributed by atoms with Gasteiger partial charge in [-0.3, -0.25) is 24.9 Å². The van der Waals surface area contributed by atoms with Crippen LogP contribution in [0.5, 0.6) is 0 Å². The van der Waals surface area contributed by atoms with Gasteiger partial charge >= 0.3 is 0 Å². The molecule has 3 atom stereocenters. The summed E-state index contributed by atoms with van der Waals surface area (Å²) in [6.07, 6.45) is 3.18. The molecule has 10 heteroatoms. The van der Waals surface area contributed by atoms with Gasteiger partial charge in [0.25, 0.3) is 5.91 Å². The molecule has 0 aliphatic carbocycles. The monoisotopic (exact) mass is 381 g/mol. The minimum Gasteiger partial charge on any atom is -0.330 e. The normalized spacial score (nSPS) is 18.6. The second-order valence-electron chi connectivity index (χ2n) is 6.38. The Morgan fingerprint density at radius 2 is 2.07 bits per heavy atom. The van der Waals surface area contributed by atoms with Gasteiger partial charge in [-0.2, -0.15) is 0 Å². The Hall–Kier alpha value is -2.62. The summed E-state index contributed by atoms with van der Waals surface area (Å²) in [5.74, 6) is -3.46. The van der Waals surface area contributed by atoms with Crippen LogP contribution in [0.15, 0.2) is 18.5 Å². The molecule has 1 saturated heterocycles. The van der Waals surface area contributed by atoms with E-state index in [1.165, 1.54) is 22.8 Å². The summed E-state index contributed by atoms with van der Waals surface area (Å²) in [5, 5.41) is 11.2. The van der Waals surface area contributed by atoms with Gasteiger partial charge in [0.2, 0.25) is 17.8 Å². The number of halogens is 1. The number of hydrogen-bond donors (Lipinski definition) is 3. The van der Waals surface area contributed by atoms with Gasteiger partial charge in [-0.25, -0.2) is 19.8 Å². The smallest absolute Gasteiger partial charge is 0.278 e. The third-order valence-electron chi connectivity index (χ3n) is 4.54. The van der Waals surface area contributed by atoms with E-state index in [9.17, 15) is 18.8 Å². The highest BCUT2D eigenvalue weighted by atomic mass is 19.1. The lowest BCUT2D eigenvalue weighted by Crippen LogP contribution is -2.49. The molecule has 1 aromatic heterocycles. The summed E-state index contributed by atoms with van der Waals surface area (Å²) in [4.78, 5) is 46.0. The van der Waals surface area contributed by atoms with Crippen molar-refractivity contribution in [1.82, 2.24) is 20.3 Å². The molecule has 1 aliphatic heterocycles. The first-order valence-electron chi connectivity index (χ1n) is 8.96. The molecule has 27 heavy (non-hydrogen) atoms. The van der Waals surface area contributed by atoms with Gasteiger partial charge in [0.15, 0.2) is 6.17 Å². The largest absolute Gasteiger partial charge is 0.330 e. The summed E-state index contributed by atoms with van der Waals surface area (Å²) in [6.45, 7) is 2.18. The average molecular weight is 381 g/mol. The molecule has 1 fully saturated rings. The number of hydroxylamine groups is 1. The van der Waals surface area contributed by atoms with Crippen LogP contribution in [0.3, 0.4) is 0 Å². The van der Waals surface area contributed by atoms with Crippen molar-refractivity contribution < 1.29 is 24.0 Å². The van der Waals surface area contributed by atoms with Crippen LogP contribution in [0.25, 0.3) is 0 Å². The molecule has 2 heterocycles. The number of carbonyl (C=O) groups excluding carboxylic acids is 3. The number of unbranched alkanes of at least 4 members (excludes halogenated alkanes) is 1.